The zero-order valence-electron chi connectivity index (χ0n) is 12.7. The molecular formula is C20H16ClNO. The molecule has 0 saturated heterocycles. The lowest BCUT2D eigenvalue weighted by Gasteiger charge is -2.10. The first-order chi connectivity index (χ1) is 11.1. The van der Waals surface area contributed by atoms with Crippen molar-refractivity contribution in [3.63, 3.8) is 0 Å². The molecule has 0 aliphatic rings. The number of nitrogens with one attached hydrogen (secondary N) is 1. The van der Waals surface area contributed by atoms with E-state index in [1.807, 2.05) is 67.6 Å². The third-order valence-electron chi connectivity index (χ3n) is 3.67. The van der Waals surface area contributed by atoms with Gasteiger partial charge in [0, 0.05) is 22.5 Å². The largest absolute Gasteiger partial charge is 0.355 e. The van der Waals surface area contributed by atoms with Crippen LogP contribution in [0.25, 0.3) is 0 Å². The number of halogens is 1. The van der Waals surface area contributed by atoms with E-state index in [0.717, 1.165) is 16.9 Å². The highest BCUT2D eigenvalue weighted by Gasteiger charge is 2.15. The lowest BCUT2D eigenvalue weighted by molar-refractivity contribution is 0.103. The Bertz CT molecular complexity index is 843. The first kappa shape index (κ1) is 15.3. The van der Waals surface area contributed by atoms with E-state index in [0.29, 0.717) is 16.1 Å². The SMILES string of the molecule is Cc1ccccc1C(=O)c1ccc(Nc2ccccc2)cc1Cl. The van der Waals surface area contributed by atoms with E-state index in [1.165, 1.54) is 0 Å². The molecule has 0 amide bonds. The molecule has 0 aromatic heterocycles. The summed E-state index contributed by atoms with van der Waals surface area (Å²) in [7, 11) is 0. The molecule has 3 heteroatoms. The number of carbonyl (C=O) groups is 1. The number of hydrogen-bond acceptors (Lipinski definition) is 2. The Morgan fingerprint density at radius 2 is 1.52 bits per heavy atom. The second-order valence-corrected chi connectivity index (χ2v) is 5.74. The Hall–Kier alpha value is -2.58. The molecule has 3 rings (SSSR count). The van der Waals surface area contributed by atoms with Gasteiger partial charge in [0.25, 0.3) is 0 Å². The molecule has 0 bridgehead atoms. The molecule has 114 valence electrons. The van der Waals surface area contributed by atoms with Crippen LogP contribution in [0.4, 0.5) is 11.4 Å². The van der Waals surface area contributed by atoms with Crippen molar-refractivity contribution in [2.24, 2.45) is 0 Å². The minimum Gasteiger partial charge on any atom is -0.355 e. The van der Waals surface area contributed by atoms with Crippen molar-refractivity contribution < 1.29 is 4.79 Å². The van der Waals surface area contributed by atoms with Gasteiger partial charge in [0.05, 0.1) is 5.02 Å². The van der Waals surface area contributed by atoms with E-state index in [9.17, 15) is 4.79 Å². The second-order valence-electron chi connectivity index (χ2n) is 5.33. The molecule has 3 aromatic carbocycles. The number of para-hydroxylation sites is 1. The van der Waals surface area contributed by atoms with Crippen LogP contribution in [-0.4, -0.2) is 5.78 Å². The van der Waals surface area contributed by atoms with Crippen molar-refractivity contribution in [1.82, 2.24) is 0 Å². The Balaban J connectivity index is 1.88. The van der Waals surface area contributed by atoms with E-state index in [2.05, 4.69) is 5.32 Å². The lowest BCUT2D eigenvalue weighted by Crippen LogP contribution is -2.04. The molecule has 0 atom stereocenters. The van der Waals surface area contributed by atoms with Crippen LogP contribution in [0.3, 0.4) is 0 Å². The predicted molar refractivity (Wildman–Crippen MR) is 95.8 cm³/mol. The third-order valence-corrected chi connectivity index (χ3v) is 3.98. The highest BCUT2D eigenvalue weighted by Crippen LogP contribution is 2.26. The summed E-state index contributed by atoms with van der Waals surface area (Å²) in [6.45, 7) is 1.92. The van der Waals surface area contributed by atoms with Gasteiger partial charge in [-0.2, -0.15) is 0 Å². The zero-order chi connectivity index (χ0) is 16.2. The van der Waals surface area contributed by atoms with Crippen LogP contribution in [0.5, 0.6) is 0 Å². The number of ketones is 1. The molecule has 0 aliphatic heterocycles. The van der Waals surface area contributed by atoms with Crippen molar-refractivity contribution in [3.8, 4) is 0 Å². The molecular weight excluding hydrogens is 306 g/mol. The number of benzene rings is 3. The first-order valence-electron chi connectivity index (χ1n) is 7.37. The van der Waals surface area contributed by atoms with Gasteiger partial charge in [-0.1, -0.05) is 54.1 Å². The third kappa shape index (κ3) is 3.43. The quantitative estimate of drug-likeness (QED) is 0.631. The Labute approximate surface area is 140 Å². The summed E-state index contributed by atoms with van der Waals surface area (Å²) < 4.78 is 0. The molecule has 0 fully saturated rings. The van der Waals surface area contributed by atoms with Gasteiger partial charge in [-0.3, -0.25) is 4.79 Å². The minimum absolute atomic E-state index is 0.0561. The van der Waals surface area contributed by atoms with E-state index in [1.54, 1.807) is 12.1 Å². The number of carbonyl (C=O) groups excluding carboxylic acids is 1. The summed E-state index contributed by atoms with van der Waals surface area (Å²) in [5, 5.41) is 3.71. The second kappa shape index (κ2) is 6.67. The van der Waals surface area contributed by atoms with E-state index in [4.69, 9.17) is 11.6 Å². The molecule has 0 heterocycles. The van der Waals surface area contributed by atoms with Gasteiger partial charge in [-0.15, -0.1) is 0 Å². The smallest absolute Gasteiger partial charge is 0.194 e. The number of rotatable bonds is 4. The van der Waals surface area contributed by atoms with E-state index < -0.39 is 0 Å². The number of aryl methyl sites for hydroxylation is 1. The Morgan fingerprint density at radius 1 is 0.826 bits per heavy atom. The Morgan fingerprint density at radius 3 is 2.22 bits per heavy atom. The fourth-order valence-electron chi connectivity index (χ4n) is 2.44. The molecule has 0 spiro atoms. The predicted octanol–water partition coefficient (Wildman–Crippen LogP) is 5.62. The molecule has 0 saturated carbocycles. The monoisotopic (exact) mass is 321 g/mol. The zero-order valence-corrected chi connectivity index (χ0v) is 13.5. The van der Waals surface area contributed by atoms with Crippen LogP contribution < -0.4 is 5.32 Å². The number of anilines is 2. The van der Waals surface area contributed by atoms with Crippen molar-refractivity contribution in [2.45, 2.75) is 6.92 Å². The van der Waals surface area contributed by atoms with Gasteiger partial charge in [0.2, 0.25) is 0 Å². The summed E-state index contributed by atoms with van der Waals surface area (Å²) in [4.78, 5) is 12.7. The van der Waals surface area contributed by atoms with Crippen LogP contribution in [0, 0.1) is 6.92 Å². The van der Waals surface area contributed by atoms with Gasteiger partial charge in [0.1, 0.15) is 0 Å². The maximum absolute atomic E-state index is 12.7. The van der Waals surface area contributed by atoms with Crippen molar-refractivity contribution >= 4 is 28.8 Å². The summed E-state index contributed by atoms with van der Waals surface area (Å²) in [5.41, 5.74) is 3.96. The average molecular weight is 322 g/mol. The topological polar surface area (TPSA) is 29.1 Å². The summed E-state index contributed by atoms with van der Waals surface area (Å²) in [6, 6.07) is 22.8. The van der Waals surface area contributed by atoms with Crippen LogP contribution in [0.2, 0.25) is 5.02 Å². The molecule has 1 N–H and O–H groups in total. The Kier molecular flexibility index (Phi) is 4.45. The molecule has 0 aliphatic carbocycles. The molecule has 0 radical (unpaired) electrons. The van der Waals surface area contributed by atoms with Crippen LogP contribution >= 0.6 is 11.6 Å². The van der Waals surface area contributed by atoms with E-state index in [-0.39, 0.29) is 5.78 Å². The van der Waals surface area contributed by atoms with Crippen LogP contribution in [-0.2, 0) is 0 Å². The summed E-state index contributed by atoms with van der Waals surface area (Å²) in [6.07, 6.45) is 0. The molecule has 23 heavy (non-hydrogen) atoms. The van der Waals surface area contributed by atoms with Crippen molar-refractivity contribution in [3.05, 3.63) is 94.5 Å². The van der Waals surface area contributed by atoms with Gasteiger partial charge >= 0.3 is 0 Å². The highest BCUT2D eigenvalue weighted by atomic mass is 35.5. The van der Waals surface area contributed by atoms with Gasteiger partial charge in [-0.05, 0) is 42.8 Å². The van der Waals surface area contributed by atoms with Crippen molar-refractivity contribution in [1.29, 1.82) is 0 Å². The first-order valence-corrected chi connectivity index (χ1v) is 7.75. The van der Waals surface area contributed by atoms with Crippen LogP contribution in [0.1, 0.15) is 21.5 Å². The highest BCUT2D eigenvalue weighted by molar-refractivity contribution is 6.35. The van der Waals surface area contributed by atoms with Crippen molar-refractivity contribution in [2.75, 3.05) is 5.32 Å². The van der Waals surface area contributed by atoms with Gasteiger partial charge < -0.3 is 5.32 Å². The summed E-state index contributed by atoms with van der Waals surface area (Å²) >= 11 is 6.33. The standard InChI is InChI=1S/C20H16ClNO/c1-14-7-5-6-10-17(14)20(23)18-12-11-16(13-19(18)21)22-15-8-3-2-4-9-15/h2-13,22H,1H3. The fourth-order valence-corrected chi connectivity index (χ4v) is 2.70. The maximum Gasteiger partial charge on any atom is 0.194 e. The van der Waals surface area contributed by atoms with Gasteiger partial charge in [-0.25, -0.2) is 0 Å². The lowest BCUT2D eigenvalue weighted by atomic mass is 9.99. The molecule has 3 aromatic rings. The maximum atomic E-state index is 12.7. The minimum atomic E-state index is -0.0561. The number of hydrogen-bond donors (Lipinski definition) is 1. The average Bonchev–Trinajstić information content (AvgIpc) is 2.56. The van der Waals surface area contributed by atoms with Gasteiger partial charge in [0.15, 0.2) is 5.78 Å². The molecule has 0 unspecified atom stereocenters. The normalized spacial score (nSPS) is 10.3. The van der Waals surface area contributed by atoms with Crippen LogP contribution in [0.15, 0.2) is 72.8 Å². The van der Waals surface area contributed by atoms with E-state index >= 15 is 0 Å². The molecule has 2 nitrogen and oxygen atoms in total. The summed E-state index contributed by atoms with van der Waals surface area (Å²) in [5.74, 6) is -0.0561. The fraction of sp³-hybridized carbons (Fsp3) is 0.0500.